The van der Waals surface area contributed by atoms with Gasteiger partial charge in [0, 0.05) is 17.5 Å². The molecule has 0 bridgehead atoms. The molecule has 3 N–H and O–H groups in total. The third-order valence-electron chi connectivity index (χ3n) is 4.65. The normalized spacial score (nSPS) is 10.3. The van der Waals surface area contributed by atoms with Crippen molar-refractivity contribution in [1.29, 1.82) is 0 Å². The van der Waals surface area contributed by atoms with Gasteiger partial charge in [-0.3, -0.25) is 9.78 Å². The number of pyridine rings is 1. The number of carboxylic acid groups (broad SMARTS) is 1. The number of nitrogens with two attached hydrogens (primary N) is 1. The highest BCUT2D eigenvalue weighted by molar-refractivity contribution is 5.92. The van der Waals surface area contributed by atoms with Gasteiger partial charge < -0.3 is 20.0 Å². The molecule has 2 aromatic carbocycles. The second kappa shape index (κ2) is 10.2. The van der Waals surface area contributed by atoms with Gasteiger partial charge in [-0.1, -0.05) is 31.2 Å². The summed E-state index contributed by atoms with van der Waals surface area (Å²) in [6.45, 7) is 2.78. The lowest BCUT2D eigenvalue weighted by Crippen LogP contribution is -2.01. The minimum absolute atomic E-state index is 0.250. The summed E-state index contributed by atoms with van der Waals surface area (Å²) in [4.78, 5) is 13.0. The van der Waals surface area contributed by atoms with Crippen molar-refractivity contribution >= 4 is 17.4 Å². The number of aryl methyl sites for hydroxylation is 1. The van der Waals surface area contributed by atoms with E-state index in [9.17, 15) is 0 Å². The molecule has 6 heteroatoms. The van der Waals surface area contributed by atoms with E-state index in [-0.39, 0.29) is 6.47 Å². The van der Waals surface area contributed by atoms with E-state index in [4.69, 9.17) is 24.8 Å². The predicted octanol–water partition coefficient (Wildman–Crippen LogP) is 4.80. The quantitative estimate of drug-likeness (QED) is 0.448. The Bertz CT molecular complexity index is 1120. The maximum absolute atomic E-state index is 8.36. The summed E-state index contributed by atoms with van der Waals surface area (Å²) in [7, 11) is 0. The van der Waals surface area contributed by atoms with Gasteiger partial charge in [-0.25, -0.2) is 0 Å². The standard InChI is InChI=1S/C23H22N2O2.CH2O2/c1-2-17-6-3-4-9-22(17)27-15-16-12-18-10-11-26-23(18)20(13-16)21-8-5-7-19(14-24)25-21;2-1-3/h3-13H,2,14-15,24H2,1H3;1H,(H,2,3). The summed E-state index contributed by atoms with van der Waals surface area (Å²) in [6.07, 6.45) is 2.65. The Morgan fingerprint density at radius 1 is 1.13 bits per heavy atom. The molecular formula is C24H24N2O4. The summed E-state index contributed by atoms with van der Waals surface area (Å²) in [5.41, 5.74) is 11.5. The van der Waals surface area contributed by atoms with Gasteiger partial charge in [-0.05, 0) is 53.9 Å². The molecule has 0 fully saturated rings. The number of nitrogens with zero attached hydrogens (tertiary/aromatic N) is 1. The van der Waals surface area contributed by atoms with E-state index in [2.05, 4.69) is 30.1 Å². The van der Waals surface area contributed by atoms with Crippen LogP contribution in [0, 0.1) is 0 Å². The van der Waals surface area contributed by atoms with Crippen molar-refractivity contribution in [1.82, 2.24) is 4.98 Å². The first-order valence-corrected chi connectivity index (χ1v) is 9.65. The highest BCUT2D eigenvalue weighted by Crippen LogP contribution is 2.31. The fourth-order valence-corrected chi connectivity index (χ4v) is 3.26. The number of hydrogen-bond acceptors (Lipinski definition) is 5. The molecular weight excluding hydrogens is 380 g/mol. The van der Waals surface area contributed by atoms with Gasteiger partial charge in [-0.2, -0.15) is 0 Å². The molecule has 0 spiro atoms. The molecule has 0 aliphatic heterocycles. The first-order valence-electron chi connectivity index (χ1n) is 9.65. The van der Waals surface area contributed by atoms with Crippen LogP contribution in [0.4, 0.5) is 0 Å². The molecule has 0 amide bonds. The molecule has 0 aliphatic carbocycles. The maximum atomic E-state index is 8.36. The topological polar surface area (TPSA) is 98.6 Å². The van der Waals surface area contributed by atoms with Gasteiger partial charge in [0.25, 0.3) is 6.47 Å². The van der Waals surface area contributed by atoms with E-state index in [0.29, 0.717) is 13.2 Å². The highest BCUT2D eigenvalue weighted by Gasteiger charge is 2.12. The summed E-state index contributed by atoms with van der Waals surface area (Å²) in [5.74, 6) is 0.928. The molecule has 2 aromatic heterocycles. The number of aromatic nitrogens is 1. The van der Waals surface area contributed by atoms with Crippen molar-refractivity contribution in [2.45, 2.75) is 26.5 Å². The first kappa shape index (κ1) is 21.1. The van der Waals surface area contributed by atoms with Crippen molar-refractivity contribution in [2.75, 3.05) is 0 Å². The Morgan fingerprint density at radius 3 is 2.70 bits per heavy atom. The monoisotopic (exact) mass is 404 g/mol. The summed E-state index contributed by atoms with van der Waals surface area (Å²) >= 11 is 0. The van der Waals surface area contributed by atoms with Crippen LogP contribution in [0.1, 0.15) is 23.7 Å². The number of furan rings is 1. The average molecular weight is 404 g/mol. The number of benzene rings is 2. The Hall–Kier alpha value is -3.64. The lowest BCUT2D eigenvalue weighted by molar-refractivity contribution is -0.122. The number of para-hydroxylation sites is 1. The van der Waals surface area contributed by atoms with Gasteiger partial charge in [-0.15, -0.1) is 0 Å². The van der Waals surface area contributed by atoms with Gasteiger partial charge >= 0.3 is 0 Å². The van der Waals surface area contributed by atoms with Gasteiger partial charge in [0.05, 0.1) is 17.7 Å². The Kier molecular flexibility index (Phi) is 7.19. The lowest BCUT2D eigenvalue weighted by Gasteiger charge is -2.12. The molecule has 4 aromatic rings. The second-order valence-electron chi connectivity index (χ2n) is 6.56. The van der Waals surface area contributed by atoms with Gasteiger partial charge in [0.1, 0.15) is 17.9 Å². The van der Waals surface area contributed by atoms with E-state index >= 15 is 0 Å². The molecule has 4 rings (SSSR count). The Balaban J connectivity index is 0.000000806. The molecule has 0 saturated heterocycles. The number of rotatable bonds is 6. The van der Waals surface area contributed by atoms with Crippen LogP contribution in [-0.2, 0) is 24.4 Å². The van der Waals surface area contributed by atoms with E-state index in [1.54, 1.807) is 6.26 Å². The largest absolute Gasteiger partial charge is 0.489 e. The zero-order valence-corrected chi connectivity index (χ0v) is 16.7. The smallest absolute Gasteiger partial charge is 0.290 e. The molecule has 0 radical (unpaired) electrons. The van der Waals surface area contributed by atoms with Crippen molar-refractivity contribution < 1.29 is 19.1 Å². The molecule has 0 saturated carbocycles. The van der Waals surface area contributed by atoms with Crippen molar-refractivity contribution in [3.63, 3.8) is 0 Å². The SMILES string of the molecule is CCc1ccccc1OCc1cc(-c2cccc(CN)n2)c2occc2c1.O=CO. The molecule has 6 nitrogen and oxygen atoms in total. The van der Waals surface area contributed by atoms with Gasteiger partial charge in [0.2, 0.25) is 0 Å². The summed E-state index contributed by atoms with van der Waals surface area (Å²) in [6, 6.07) is 20.2. The van der Waals surface area contributed by atoms with Crippen molar-refractivity contribution in [3.05, 3.63) is 83.7 Å². The fourth-order valence-electron chi connectivity index (χ4n) is 3.26. The third kappa shape index (κ3) is 4.85. The van der Waals surface area contributed by atoms with Crippen molar-refractivity contribution in [3.8, 4) is 17.0 Å². The number of carbonyl (C=O) groups is 1. The van der Waals surface area contributed by atoms with E-state index in [1.165, 1.54) is 5.56 Å². The molecule has 2 heterocycles. The number of fused-ring (bicyclic) bond motifs is 1. The van der Waals surface area contributed by atoms with Crippen LogP contribution < -0.4 is 10.5 Å². The molecule has 0 aliphatic rings. The Morgan fingerprint density at radius 2 is 1.93 bits per heavy atom. The fraction of sp³-hybridized carbons (Fsp3) is 0.167. The van der Waals surface area contributed by atoms with E-state index in [1.807, 2.05) is 42.5 Å². The molecule has 30 heavy (non-hydrogen) atoms. The zero-order valence-electron chi connectivity index (χ0n) is 16.7. The zero-order chi connectivity index (χ0) is 21.3. The maximum Gasteiger partial charge on any atom is 0.290 e. The molecule has 154 valence electrons. The van der Waals surface area contributed by atoms with E-state index in [0.717, 1.165) is 45.7 Å². The third-order valence-corrected chi connectivity index (χ3v) is 4.65. The van der Waals surface area contributed by atoms with Crippen LogP contribution in [0.15, 0.2) is 71.3 Å². The number of hydrogen-bond donors (Lipinski definition) is 2. The van der Waals surface area contributed by atoms with Crippen LogP contribution in [0.25, 0.3) is 22.2 Å². The van der Waals surface area contributed by atoms with Crippen LogP contribution >= 0.6 is 0 Å². The Labute approximate surface area is 174 Å². The molecule has 0 unspecified atom stereocenters. The van der Waals surface area contributed by atoms with Crippen LogP contribution in [0.3, 0.4) is 0 Å². The van der Waals surface area contributed by atoms with Crippen molar-refractivity contribution in [2.24, 2.45) is 5.73 Å². The average Bonchev–Trinajstić information content (AvgIpc) is 3.26. The summed E-state index contributed by atoms with van der Waals surface area (Å²) in [5, 5.41) is 7.93. The molecule has 0 atom stereocenters. The first-order chi connectivity index (χ1) is 14.7. The highest BCUT2D eigenvalue weighted by atomic mass is 16.5. The van der Waals surface area contributed by atoms with Crippen LogP contribution in [0.2, 0.25) is 0 Å². The van der Waals surface area contributed by atoms with Crippen LogP contribution in [0.5, 0.6) is 5.75 Å². The minimum Gasteiger partial charge on any atom is -0.489 e. The number of ether oxygens (including phenoxy) is 1. The lowest BCUT2D eigenvalue weighted by atomic mass is 10.0. The van der Waals surface area contributed by atoms with Gasteiger partial charge in [0.15, 0.2) is 0 Å². The minimum atomic E-state index is -0.250. The second-order valence-corrected chi connectivity index (χ2v) is 6.56. The van der Waals surface area contributed by atoms with Crippen LogP contribution in [-0.4, -0.2) is 16.6 Å². The van der Waals surface area contributed by atoms with E-state index < -0.39 is 0 Å². The predicted molar refractivity (Wildman–Crippen MR) is 116 cm³/mol. The summed E-state index contributed by atoms with van der Waals surface area (Å²) < 4.78 is 11.8.